The molecule has 1 heterocycles. The molecule has 0 aromatic carbocycles. The molecule has 3 heteroatoms. The number of nitrogens with one attached hydrogen (secondary N) is 1. The lowest BCUT2D eigenvalue weighted by molar-refractivity contribution is -0.108. The van der Waals surface area contributed by atoms with Crippen molar-refractivity contribution >= 4 is 6.29 Å². The van der Waals surface area contributed by atoms with Crippen molar-refractivity contribution in [2.45, 2.75) is 51.9 Å². The van der Waals surface area contributed by atoms with Crippen LogP contribution in [0.3, 0.4) is 0 Å². The zero-order valence-corrected chi connectivity index (χ0v) is 12.0. The van der Waals surface area contributed by atoms with Crippen molar-refractivity contribution in [2.75, 3.05) is 0 Å². The molecule has 104 valence electrons. The molecule has 0 bridgehead atoms. The molecular formula is C16H22FNO. The van der Waals surface area contributed by atoms with E-state index >= 15 is 0 Å². The molecule has 0 aromatic rings. The fraction of sp³-hybridized carbons (Fsp3) is 0.562. The van der Waals surface area contributed by atoms with Crippen LogP contribution in [-0.2, 0) is 4.79 Å². The van der Waals surface area contributed by atoms with Gasteiger partial charge in [-0.2, -0.15) is 0 Å². The van der Waals surface area contributed by atoms with Gasteiger partial charge in [0.1, 0.15) is 12.5 Å². The molecule has 0 fully saturated rings. The normalized spacial score (nSPS) is 35.0. The van der Waals surface area contributed by atoms with Gasteiger partial charge in [-0.25, -0.2) is 4.39 Å². The van der Waals surface area contributed by atoms with Crippen molar-refractivity contribution in [1.29, 1.82) is 0 Å². The van der Waals surface area contributed by atoms with Crippen molar-refractivity contribution < 1.29 is 9.18 Å². The van der Waals surface area contributed by atoms with Gasteiger partial charge in [0, 0.05) is 6.42 Å². The first-order valence-corrected chi connectivity index (χ1v) is 6.76. The van der Waals surface area contributed by atoms with E-state index in [1.807, 2.05) is 18.2 Å². The molecule has 1 aliphatic carbocycles. The van der Waals surface area contributed by atoms with Crippen molar-refractivity contribution in [2.24, 2.45) is 5.41 Å². The molecule has 0 saturated carbocycles. The lowest BCUT2D eigenvalue weighted by Gasteiger charge is -2.38. The van der Waals surface area contributed by atoms with E-state index in [4.69, 9.17) is 0 Å². The van der Waals surface area contributed by atoms with E-state index in [1.54, 1.807) is 6.08 Å². The third-order valence-electron chi connectivity index (χ3n) is 3.92. The largest absolute Gasteiger partial charge is 0.301 e. The molecule has 1 aliphatic heterocycles. The topological polar surface area (TPSA) is 29.1 Å². The Labute approximate surface area is 114 Å². The Kier molecular flexibility index (Phi) is 3.52. The molecular weight excluding hydrogens is 241 g/mol. The smallest absolute Gasteiger partial charge is 0.140 e. The van der Waals surface area contributed by atoms with Crippen LogP contribution in [0.2, 0.25) is 0 Å². The predicted molar refractivity (Wildman–Crippen MR) is 75.7 cm³/mol. The summed E-state index contributed by atoms with van der Waals surface area (Å²) in [6, 6.07) is -0.267. The van der Waals surface area contributed by atoms with Gasteiger partial charge in [-0.15, -0.1) is 0 Å². The zero-order valence-electron chi connectivity index (χ0n) is 12.0. The number of carbonyl (C=O) groups excluding carboxylic acids is 1. The second kappa shape index (κ2) is 4.71. The summed E-state index contributed by atoms with van der Waals surface area (Å²) in [5.74, 6) is 0. The summed E-state index contributed by atoms with van der Waals surface area (Å²) in [6.45, 7) is 8.48. The Morgan fingerprint density at radius 2 is 2.16 bits per heavy atom. The van der Waals surface area contributed by atoms with Crippen LogP contribution in [-0.4, -0.2) is 24.0 Å². The van der Waals surface area contributed by atoms with Crippen molar-refractivity contribution in [3.05, 3.63) is 35.5 Å². The highest BCUT2D eigenvalue weighted by Crippen LogP contribution is 2.43. The van der Waals surface area contributed by atoms with Crippen LogP contribution in [0, 0.1) is 5.41 Å². The predicted octanol–water partition coefficient (Wildman–Crippen LogP) is 3.11. The molecule has 19 heavy (non-hydrogen) atoms. The highest BCUT2D eigenvalue weighted by molar-refractivity contribution is 5.66. The van der Waals surface area contributed by atoms with Crippen LogP contribution in [0.1, 0.15) is 34.1 Å². The molecule has 2 unspecified atom stereocenters. The van der Waals surface area contributed by atoms with Gasteiger partial charge >= 0.3 is 0 Å². The Morgan fingerprint density at radius 3 is 2.63 bits per heavy atom. The van der Waals surface area contributed by atoms with Gasteiger partial charge in [0.05, 0.1) is 11.6 Å². The van der Waals surface area contributed by atoms with E-state index in [9.17, 15) is 9.18 Å². The molecule has 0 spiro atoms. The van der Waals surface area contributed by atoms with Gasteiger partial charge in [-0.1, -0.05) is 45.1 Å². The van der Waals surface area contributed by atoms with E-state index < -0.39 is 6.17 Å². The summed E-state index contributed by atoms with van der Waals surface area (Å²) in [7, 11) is 0. The average Bonchev–Trinajstić information content (AvgIpc) is 2.68. The molecule has 2 nitrogen and oxygen atoms in total. The lowest BCUT2D eigenvalue weighted by Crippen LogP contribution is -2.47. The number of alkyl halides is 1. The average molecular weight is 263 g/mol. The zero-order chi connectivity index (χ0) is 14.3. The minimum atomic E-state index is -0.891. The van der Waals surface area contributed by atoms with Crippen LogP contribution in [0.4, 0.5) is 4.39 Å². The quantitative estimate of drug-likeness (QED) is 0.612. The van der Waals surface area contributed by atoms with Gasteiger partial charge < -0.3 is 4.79 Å². The van der Waals surface area contributed by atoms with Gasteiger partial charge in [-0.3, -0.25) is 5.32 Å². The minimum absolute atomic E-state index is 0.0409. The standard InChI is InChI=1S/C16H22FNO/c1-15(2,3)14-9-13(10-19)18-16(14,4)11-5-7-12(17)8-6-11/h5-7,9-10,12-13,18H,8H2,1-4H3/t12?,13?,16-/m0/s1. The Hall–Kier alpha value is -1.22. The molecule has 1 N–H and O–H groups in total. The van der Waals surface area contributed by atoms with Gasteiger partial charge in [0.25, 0.3) is 0 Å². The second-order valence-electron chi connectivity index (χ2n) is 6.53. The third-order valence-corrected chi connectivity index (χ3v) is 3.92. The first-order chi connectivity index (χ1) is 8.77. The summed E-state index contributed by atoms with van der Waals surface area (Å²) in [5, 5.41) is 3.36. The molecule has 2 aliphatic rings. The Balaban J connectivity index is 2.40. The van der Waals surface area contributed by atoms with Crippen molar-refractivity contribution in [3.8, 4) is 0 Å². The fourth-order valence-electron chi connectivity index (χ4n) is 3.08. The maximum atomic E-state index is 13.2. The maximum absolute atomic E-state index is 13.2. The minimum Gasteiger partial charge on any atom is -0.301 e. The summed E-state index contributed by atoms with van der Waals surface area (Å²) in [5.41, 5.74) is 1.80. The highest BCUT2D eigenvalue weighted by Gasteiger charge is 2.43. The number of hydrogen-bond acceptors (Lipinski definition) is 2. The van der Waals surface area contributed by atoms with Crippen LogP contribution in [0.15, 0.2) is 35.5 Å². The lowest BCUT2D eigenvalue weighted by atomic mass is 9.72. The van der Waals surface area contributed by atoms with Crippen molar-refractivity contribution in [1.82, 2.24) is 5.32 Å². The van der Waals surface area contributed by atoms with Crippen LogP contribution >= 0.6 is 0 Å². The molecule has 3 atom stereocenters. The monoisotopic (exact) mass is 263 g/mol. The molecule has 2 rings (SSSR count). The third kappa shape index (κ3) is 2.57. The Bertz CT molecular complexity index is 470. The van der Waals surface area contributed by atoms with Crippen LogP contribution < -0.4 is 5.32 Å². The van der Waals surface area contributed by atoms with Gasteiger partial charge in [-0.05, 0) is 23.5 Å². The fourth-order valence-corrected chi connectivity index (χ4v) is 3.08. The summed E-state index contributed by atoms with van der Waals surface area (Å²) in [6.07, 6.45) is 7.81. The second-order valence-corrected chi connectivity index (χ2v) is 6.53. The van der Waals surface area contributed by atoms with Crippen molar-refractivity contribution in [3.63, 3.8) is 0 Å². The Morgan fingerprint density at radius 1 is 1.47 bits per heavy atom. The first kappa shape index (κ1) is 14.2. The van der Waals surface area contributed by atoms with Crippen LogP contribution in [0.25, 0.3) is 0 Å². The number of hydrogen-bond donors (Lipinski definition) is 1. The number of allylic oxidation sites excluding steroid dienone is 2. The van der Waals surface area contributed by atoms with Gasteiger partial charge in [0.2, 0.25) is 0 Å². The molecule has 0 amide bonds. The highest BCUT2D eigenvalue weighted by atomic mass is 19.1. The van der Waals surface area contributed by atoms with E-state index in [-0.39, 0.29) is 17.0 Å². The molecule has 0 aromatic heterocycles. The summed E-state index contributed by atoms with van der Waals surface area (Å²) < 4.78 is 13.2. The summed E-state index contributed by atoms with van der Waals surface area (Å²) >= 11 is 0. The number of aldehydes is 1. The number of halogens is 1. The van der Waals surface area contributed by atoms with Gasteiger partial charge in [0.15, 0.2) is 0 Å². The van der Waals surface area contributed by atoms with Crippen LogP contribution in [0.5, 0.6) is 0 Å². The molecule has 0 radical (unpaired) electrons. The summed E-state index contributed by atoms with van der Waals surface area (Å²) in [4.78, 5) is 11.1. The number of rotatable bonds is 2. The van der Waals surface area contributed by atoms with E-state index in [0.29, 0.717) is 6.42 Å². The number of carbonyl (C=O) groups is 1. The first-order valence-electron chi connectivity index (χ1n) is 6.76. The van der Waals surface area contributed by atoms with E-state index in [0.717, 1.165) is 11.9 Å². The maximum Gasteiger partial charge on any atom is 0.140 e. The molecule has 0 saturated heterocycles. The van der Waals surface area contributed by atoms with E-state index in [2.05, 4.69) is 33.0 Å². The van der Waals surface area contributed by atoms with E-state index in [1.165, 1.54) is 5.57 Å². The SMILES string of the molecule is CC(C)(C)C1=CC(C=O)N[C@@]1(C)C1=CCC(F)C=C1.